The molecule has 1 amide bonds. The molecule has 1 unspecified atom stereocenters. The summed E-state index contributed by atoms with van der Waals surface area (Å²) in [6.07, 6.45) is 2.22. The molecule has 0 saturated carbocycles. The molecular formula is C18H22N2O3S. The zero-order valence-corrected chi connectivity index (χ0v) is 14.7. The molecule has 1 aromatic heterocycles. The van der Waals surface area contributed by atoms with E-state index in [9.17, 15) is 14.7 Å². The minimum absolute atomic E-state index is 0.101. The number of thiazole rings is 1. The van der Waals surface area contributed by atoms with Gasteiger partial charge in [-0.15, -0.1) is 11.3 Å². The van der Waals surface area contributed by atoms with E-state index in [0.717, 1.165) is 23.4 Å². The first-order valence-electron chi connectivity index (χ1n) is 8.02. The molecule has 5 nitrogen and oxygen atoms in total. The van der Waals surface area contributed by atoms with E-state index in [1.807, 2.05) is 37.3 Å². The number of carbonyl (C=O) groups excluding carboxylic acids is 1. The third-order valence-electron chi connectivity index (χ3n) is 3.69. The highest BCUT2D eigenvalue weighted by atomic mass is 32.1. The summed E-state index contributed by atoms with van der Waals surface area (Å²) in [5, 5.41) is 13.1. The number of amides is 1. The lowest BCUT2D eigenvalue weighted by Crippen LogP contribution is -2.34. The van der Waals surface area contributed by atoms with Crippen LogP contribution in [0, 0.1) is 12.8 Å². The smallest absolute Gasteiger partial charge is 0.308 e. The van der Waals surface area contributed by atoms with Gasteiger partial charge in [-0.3, -0.25) is 9.59 Å². The Balaban J connectivity index is 1.98. The quantitative estimate of drug-likeness (QED) is 0.770. The van der Waals surface area contributed by atoms with Gasteiger partial charge in [0.05, 0.1) is 16.6 Å². The van der Waals surface area contributed by atoms with E-state index < -0.39 is 11.9 Å². The Bertz CT molecular complexity index is 698. The van der Waals surface area contributed by atoms with E-state index in [1.54, 1.807) is 0 Å². The number of aryl methyl sites for hydroxylation is 2. The van der Waals surface area contributed by atoms with Gasteiger partial charge in [0.1, 0.15) is 4.88 Å². The molecule has 2 rings (SSSR count). The van der Waals surface area contributed by atoms with Crippen molar-refractivity contribution in [3.63, 3.8) is 0 Å². The summed E-state index contributed by atoms with van der Waals surface area (Å²) in [6.45, 7) is 3.98. The first kappa shape index (κ1) is 18.1. The fourth-order valence-corrected chi connectivity index (χ4v) is 3.51. The number of hydrogen-bond donors (Lipinski definition) is 2. The summed E-state index contributed by atoms with van der Waals surface area (Å²) < 4.78 is 0. The van der Waals surface area contributed by atoms with Gasteiger partial charge in [0.25, 0.3) is 5.91 Å². The molecule has 2 aromatic rings. The highest BCUT2D eigenvalue weighted by molar-refractivity contribution is 7.13. The molecule has 128 valence electrons. The molecule has 0 bridgehead atoms. The molecule has 0 radical (unpaired) electrons. The minimum atomic E-state index is -0.910. The highest BCUT2D eigenvalue weighted by Gasteiger charge is 2.21. The Morgan fingerprint density at radius 3 is 2.62 bits per heavy atom. The van der Waals surface area contributed by atoms with Crippen LogP contribution in [-0.4, -0.2) is 28.5 Å². The average Bonchev–Trinajstić information content (AvgIpc) is 2.93. The largest absolute Gasteiger partial charge is 0.481 e. The summed E-state index contributed by atoms with van der Waals surface area (Å²) in [7, 11) is 0. The van der Waals surface area contributed by atoms with Gasteiger partial charge in [0.2, 0.25) is 0 Å². The maximum atomic E-state index is 12.3. The predicted molar refractivity (Wildman–Crippen MR) is 94.5 cm³/mol. The zero-order chi connectivity index (χ0) is 17.5. The lowest BCUT2D eigenvalue weighted by Gasteiger charge is -2.13. The Morgan fingerprint density at radius 1 is 1.29 bits per heavy atom. The SMILES string of the molecule is CCCc1nc(C)c(C(=O)NCC(Cc2ccccc2)C(=O)O)s1. The molecule has 1 heterocycles. The third-order valence-corrected chi connectivity index (χ3v) is 4.91. The molecule has 2 N–H and O–H groups in total. The summed E-state index contributed by atoms with van der Waals surface area (Å²) in [5.41, 5.74) is 1.65. The van der Waals surface area contributed by atoms with Crippen molar-refractivity contribution >= 4 is 23.2 Å². The molecule has 0 aliphatic rings. The van der Waals surface area contributed by atoms with Gasteiger partial charge in [-0.25, -0.2) is 4.98 Å². The molecule has 0 aliphatic carbocycles. The number of rotatable bonds is 8. The van der Waals surface area contributed by atoms with Crippen LogP contribution in [0.2, 0.25) is 0 Å². The van der Waals surface area contributed by atoms with Gasteiger partial charge in [-0.2, -0.15) is 0 Å². The van der Waals surface area contributed by atoms with Gasteiger partial charge < -0.3 is 10.4 Å². The number of benzene rings is 1. The zero-order valence-electron chi connectivity index (χ0n) is 13.9. The second kappa shape index (κ2) is 8.59. The first-order valence-corrected chi connectivity index (χ1v) is 8.84. The van der Waals surface area contributed by atoms with Crippen LogP contribution in [0.15, 0.2) is 30.3 Å². The van der Waals surface area contributed by atoms with Crippen molar-refractivity contribution in [2.45, 2.75) is 33.1 Å². The van der Waals surface area contributed by atoms with Crippen LogP contribution in [0.25, 0.3) is 0 Å². The first-order chi connectivity index (χ1) is 11.5. The van der Waals surface area contributed by atoms with Crippen molar-refractivity contribution in [1.82, 2.24) is 10.3 Å². The minimum Gasteiger partial charge on any atom is -0.481 e. The number of nitrogens with one attached hydrogen (secondary N) is 1. The highest BCUT2D eigenvalue weighted by Crippen LogP contribution is 2.19. The molecule has 0 saturated heterocycles. The Kier molecular flexibility index (Phi) is 6.49. The Hall–Kier alpha value is -2.21. The van der Waals surface area contributed by atoms with Crippen molar-refractivity contribution in [3.8, 4) is 0 Å². The topological polar surface area (TPSA) is 79.3 Å². The van der Waals surface area contributed by atoms with E-state index in [0.29, 0.717) is 17.0 Å². The monoisotopic (exact) mass is 346 g/mol. The lowest BCUT2D eigenvalue weighted by atomic mass is 9.99. The maximum Gasteiger partial charge on any atom is 0.308 e. The van der Waals surface area contributed by atoms with Crippen LogP contribution in [0.5, 0.6) is 0 Å². The van der Waals surface area contributed by atoms with E-state index in [1.165, 1.54) is 11.3 Å². The molecular weight excluding hydrogens is 324 g/mol. The molecule has 0 aliphatic heterocycles. The molecule has 1 aromatic carbocycles. The number of carboxylic acids is 1. The molecule has 24 heavy (non-hydrogen) atoms. The predicted octanol–water partition coefficient (Wildman–Crippen LogP) is 3.08. The summed E-state index contributed by atoms with van der Waals surface area (Å²) >= 11 is 1.39. The van der Waals surface area contributed by atoms with Crippen molar-refractivity contribution < 1.29 is 14.7 Å². The molecule has 6 heteroatoms. The summed E-state index contributed by atoms with van der Waals surface area (Å²) in [6, 6.07) is 9.43. The summed E-state index contributed by atoms with van der Waals surface area (Å²) in [4.78, 5) is 28.7. The van der Waals surface area contributed by atoms with Gasteiger partial charge in [-0.1, -0.05) is 37.3 Å². The van der Waals surface area contributed by atoms with E-state index in [2.05, 4.69) is 17.2 Å². The van der Waals surface area contributed by atoms with Crippen LogP contribution < -0.4 is 5.32 Å². The maximum absolute atomic E-state index is 12.3. The van der Waals surface area contributed by atoms with Crippen molar-refractivity contribution in [3.05, 3.63) is 51.5 Å². The van der Waals surface area contributed by atoms with E-state index in [-0.39, 0.29) is 12.5 Å². The van der Waals surface area contributed by atoms with Crippen LogP contribution in [0.4, 0.5) is 0 Å². The molecule has 0 fully saturated rings. The Morgan fingerprint density at radius 2 is 2.00 bits per heavy atom. The van der Waals surface area contributed by atoms with Crippen molar-refractivity contribution in [2.24, 2.45) is 5.92 Å². The number of hydrogen-bond acceptors (Lipinski definition) is 4. The number of aromatic nitrogens is 1. The van der Waals surface area contributed by atoms with Crippen LogP contribution in [0.3, 0.4) is 0 Å². The number of aliphatic carboxylic acids is 1. The summed E-state index contributed by atoms with van der Waals surface area (Å²) in [5.74, 6) is -1.81. The molecule has 0 spiro atoms. The van der Waals surface area contributed by atoms with Crippen molar-refractivity contribution in [2.75, 3.05) is 6.54 Å². The second-order valence-electron chi connectivity index (χ2n) is 5.71. The lowest BCUT2D eigenvalue weighted by molar-refractivity contribution is -0.141. The fourth-order valence-electron chi connectivity index (χ4n) is 2.43. The number of carboxylic acid groups (broad SMARTS) is 1. The molecule has 1 atom stereocenters. The van der Waals surface area contributed by atoms with Gasteiger partial charge >= 0.3 is 5.97 Å². The van der Waals surface area contributed by atoms with Crippen LogP contribution in [-0.2, 0) is 17.6 Å². The normalized spacial score (nSPS) is 11.9. The van der Waals surface area contributed by atoms with Crippen LogP contribution >= 0.6 is 11.3 Å². The van der Waals surface area contributed by atoms with Crippen molar-refractivity contribution in [1.29, 1.82) is 0 Å². The number of carbonyl (C=O) groups is 2. The second-order valence-corrected chi connectivity index (χ2v) is 6.79. The van der Waals surface area contributed by atoms with E-state index in [4.69, 9.17) is 0 Å². The van der Waals surface area contributed by atoms with Gasteiger partial charge in [0, 0.05) is 6.54 Å². The number of nitrogens with zero attached hydrogens (tertiary/aromatic N) is 1. The van der Waals surface area contributed by atoms with Gasteiger partial charge in [-0.05, 0) is 31.7 Å². The average molecular weight is 346 g/mol. The van der Waals surface area contributed by atoms with Crippen LogP contribution in [0.1, 0.15) is 39.3 Å². The Labute approximate surface area is 145 Å². The van der Waals surface area contributed by atoms with Gasteiger partial charge in [0.15, 0.2) is 0 Å². The third kappa shape index (κ3) is 4.89. The standard InChI is InChI=1S/C18H22N2O3S/c1-3-7-15-20-12(2)16(24-15)17(21)19-11-14(18(22)23)10-13-8-5-4-6-9-13/h4-6,8-9,14H,3,7,10-11H2,1-2H3,(H,19,21)(H,22,23). The fraction of sp³-hybridized carbons (Fsp3) is 0.389. The van der Waals surface area contributed by atoms with E-state index >= 15 is 0 Å².